The molecule has 1 N–H and O–H groups in total. The summed E-state index contributed by atoms with van der Waals surface area (Å²) < 4.78 is 29.0. The minimum absolute atomic E-state index is 0.0364. The highest BCUT2D eigenvalue weighted by atomic mass is 35.5. The number of rotatable bonds is 15. The smallest absolute Gasteiger partial charge is 0.269 e. The molecular formula is C34H34Cl2N4O6S. The van der Waals surface area contributed by atoms with Crippen molar-refractivity contribution in [2.45, 2.75) is 43.7 Å². The van der Waals surface area contributed by atoms with Crippen molar-refractivity contribution in [2.75, 3.05) is 17.4 Å². The summed E-state index contributed by atoms with van der Waals surface area (Å²) in [5.41, 5.74) is 1.15. The fourth-order valence-corrected chi connectivity index (χ4v) is 6.64. The lowest BCUT2D eigenvalue weighted by atomic mass is 10.0. The van der Waals surface area contributed by atoms with Gasteiger partial charge in [0.2, 0.25) is 11.8 Å². The molecule has 0 aliphatic carbocycles. The number of halogens is 2. The SMILES string of the molecule is CCCCNC(=O)[C@H](Cc1ccccc1)N(Cc1ccc(Cl)c(Cl)c1)C(=O)CN(c1ccc([N+](=O)[O-])cc1)S(=O)(=O)c1ccccc1. The quantitative estimate of drug-likeness (QED) is 0.0841. The van der Waals surface area contributed by atoms with Crippen LogP contribution in [-0.2, 0) is 32.6 Å². The molecular weight excluding hydrogens is 663 g/mol. The van der Waals surface area contributed by atoms with Crippen LogP contribution in [0.2, 0.25) is 10.0 Å². The van der Waals surface area contributed by atoms with Gasteiger partial charge in [0.15, 0.2) is 0 Å². The maximum absolute atomic E-state index is 14.5. The Balaban J connectivity index is 1.81. The molecule has 2 amide bonds. The maximum Gasteiger partial charge on any atom is 0.269 e. The summed E-state index contributed by atoms with van der Waals surface area (Å²) in [5, 5.41) is 14.8. The zero-order valence-electron chi connectivity index (χ0n) is 25.6. The third-order valence-electron chi connectivity index (χ3n) is 7.40. The Hall–Kier alpha value is -4.45. The second-order valence-corrected chi connectivity index (χ2v) is 13.4. The number of hydrogen-bond acceptors (Lipinski definition) is 6. The third-order valence-corrected chi connectivity index (χ3v) is 9.92. The van der Waals surface area contributed by atoms with E-state index in [0.717, 1.165) is 22.7 Å². The van der Waals surface area contributed by atoms with E-state index in [1.807, 2.05) is 37.3 Å². The van der Waals surface area contributed by atoms with Crippen LogP contribution >= 0.6 is 23.2 Å². The number of carbonyl (C=O) groups excluding carboxylic acids is 2. The molecule has 246 valence electrons. The number of nitrogens with zero attached hydrogens (tertiary/aromatic N) is 3. The molecule has 4 aromatic carbocycles. The van der Waals surface area contributed by atoms with E-state index >= 15 is 0 Å². The molecule has 0 heterocycles. The summed E-state index contributed by atoms with van der Waals surface area (Å²) in [4.78, 5) is 40.3. The Morgan fingerprint density at radius 2 is 1.51 bits per heavy atom. The molecule has 0 saturated heterocycles. The van der Waals surface area contributed by atoms with Crippen LogP contribution in [0.25, 0.3) is 0 Å². The van der Waals surface area contributed by atoms with E-state index in [1.54, 1.807) is 36.4 Å². The van der Waals surface area contributed by atoms with Crippen LogP contribution in [-0.4, -0.2) is 49.2 Å². The van der Waals surface area contributed by atoms with E-state index in [-0.39, 0.29) is 34.3 Å². The fraction of sp³-hybridized carbons (Fsp3) is 0.235. The summed E-state index contributed by atoms with van der Waals surface area (Å²) in [6.07, 6.45) is 1.72. The molecule has 10 nitrogen and oxygen atoms in total. The van der Waals surface area contributed by atoms with Crippen LogP contribution in [0.1, 0.15) is 30.9 Å². The molecule has 47 heavy (non-hydrogen) atoms. The highest BCUT2D eigenvalue weighted by molar-refractivity contribution is 7.92. The number of anilines is 1. The van der Waals surface area contributed by atoms with Gasteiger partial charge >= 0.3 is 0 Å². The Morgan fingerprint density at radius 3 is 2.11 bits per heavy atom. The van der Waals surface area contributed by atoms with Gasteiger partial charge in [0.25, 0.3) is 15.7 Å². The van der Waals surface area contributed by atoms with E-state index in [9.17, 15) is 28.1 Å². The monoisotopic (exact) mass is 696 g/mol. The minimum Gasteiger partial charge on any atom is -0.354 e. The van der Waals surface area contributed by atoms with Crippen molar-refractivity contribution >= 4 is 56.4 Å². The number of non-ortho nitro benzene ring substituents is 1. The first kappa shape index (κ1) is 35.4. The second-order valence-electron chi connectivity index (χ2n) is 10.7. The topological polar surface area (TPSA) is 130 Å². The van der Waals surface area contributed by atoms with Crippen LogP contribution in [0.3, 0.4) is 0 Å². The van der Waals surface area contributed by atoms with Crippen LogP contribution in [0, 0.1) is 10.1 Å². The second kappa shape index (κ2) is 16.4. The lowest BCUT2D eigenvalue weighted by Crippen LogP contribution is -2.53. The van der Waals surface area contributed by atoms with Gasteiger partial charge in [0, 0.05) is 31.6 Å². The van der Waals surface area contributed by atoms with Crippen molar-refractivity contribution in [1.29, 1.82) is 0 Å². The summed E-state index contributed by atoms with van der Waals surface area (Å²) in [6.45, 7) is 1.60. The molecule has 0 bridgehead atoms. The highest BCUT2D eigenvalue weighted by Crippen LogP contribution is 2.28. The van der Waals surface area contributed by atoms with Crippen molar-refractivity contribution in [1.82, 2.24) is 10.2 Å². The Bertz CT molecular complexity index is 1790. The summed E-state index contributed by atoms with van der Waals surface area (Å²) >= 11 is 12.5. The lowest BCUT2D eigenvalue weighted by Gasteiger charge is -2.34. The standard InChI is InChI=1S/C34H34Cl2N4O6S/c1-2-3-20-37-34(42)32(22-25-10-6-4-7-11-25)38(23-26-14-19-30(35)31(36)21-26)33(41)24-39(27-15-17-28(18-16-27)40(43)44)47(45,46)29-12-8-5-9-13-29/h4-19,21,32H,2-3,20,22-24H2,1H3,(H,37,42)/t32-/m0/s1. The number of nitrogens with one attached hydrogen (secondary N) is 1. The van der Waals surface area contributed by atoms with Gasteiger partial charge in [-0.1, -0.05) is 91.1 Å². The molecule has 0 unspecified atom stereocenters. The van der Waals surface area contributed by atoms with Crippen LogP contribution in [0.5, 0.6) is 0 Å². The number of unbranched alkanes of at least 4 members (excludes halogenated alkanes) is 1. The molecule has 1 atom stereocenters. The van der Waals surface area contributed by atoms with Crippen LogP contribution in [0.4, 0.5) is 11.4 Å². The molecule has 13 heteroatoms. The number of sulfonamides is 1. The van der Waals surface area contributed by atoms with Crippen molar-refractivity contribution in [3.05, 3.63) is 134 Å². The Labute approximate surface area is 284 Å². The van der Waals surface area contributed by atoms with Crippen molar-refractivity contribution in [2.24, 2.45) is 0 Å². The number of amides is 2. The van der Waals surface area contributed by atoms with Gasteiger partial charge in [0.05, 0.1) is 25.6 Å². The maximum atomic E-state index is 14.5. The Kier molecular flexibility index (Phi) is 12.4. The van der Waals surface area contributed by atoms with Crippen LogP contribution < -0.4 is 9.62 Å². The normalized spacial score (nSPS) is 11.8. The average molecular weight is 698 g/mol. The van der Waals surface area contributed by atoms with Crippen molar-refractivity contribution < 1.29 is 22.9 Å². The van der Waals surface area contributed by atoms with Gasteiger partial charge in [-0.15, -0.1) is 0 Å². The zero-order chi connectivity index (χ0) is 34.0. The molecule has 0 fully saturated rings. The molecule has 0 aromatic heterocycles. The van der Waals surface area contributed by atoms with E-state index in [2.05, 4.69) is 5.32 Å². The van der Waals surface area contributed by atoms with Gasteiger partial charge in [-0.3, -0.25) is 24.0 Å². The number of carbonyl (C=O) groups is 2. The predicted molar refractivity (Wildman–Crippen MR) is 183 cm³/mol. The molecule has 0 radical (unpaired) electrons. The minimum atomic E-state index is -4.35. The van der Waals surface area contributed by atoms with Gasteiger partial charge < -0.3 is 10.2 Å². The largest absolute Gasteiger partial charge is 0.354 e. The first-order chi connectivity index (χ1) is 22.5. The molecule has 0 aliphatic rings. The van der Waals surface area contributed by atoms with Gasteiger partial charge in [-0.2, -0.15) is 0 Å². The molecule has 0 aliphatic heterocycles. The van der Waals surface area contributed by atoms with E-state index < -0.39 is 39.3 Å². The Morgan fingerprint density at radius 1 is 0.872 bits per heavy atom. The number of nitro benzene ring substituents is 1. The number of benzene rings is 4. The predicted octanol–water partition coefficient (Wildman–Crippen LogP) is 6.65. The summed E-state index contributed by atoms with van der Waals surface area (Å²) in [5.74, 6) is -1.08. The molecule has 0 saturated carbocycles. The average Bonchev–Trinajstić information content (AvgIpc) is 3.07. The summed E-state index contributed by atoms with van der Waals surface area (Å²) in [6, 6.07) is 25.4. The van der Waals surface area contributed by atoms with Crippen molar-refractivity contribution in [3.63, 3.8) is 0 Å². The number of nitro groups is 1. The van der Waals surface area contributed by atoms with Gasteiger partial charge in [-0.25, -0.2) is 8.42 Å². The number of hydrogen-bond donors (Lipinski definition) is 1. The van der Waals surface area contributed by atoms with Crippen molar-refractivity contribution in [3.8, 4) is 0 Å². The van der Waals surface area contributed by atoms with Gasteiger partial charge in [-0.05, 0) is 53.9 Å². The van der Waals surface area contributed by atoms with Crippen LogP contribution in [0.15, 0.2) is 108 Å². The van der Waals surface area contributed by atoms with Gasteiger partial charge in [0.1, 0.15) is 12.6 Å². The van der Waals surface area contributed by atoms with E-state index in [1.165, 1.54) is 41.3 Å². The lowest BCUT2D eigenvalue weighted by molar-refractivity contribution is -0.384. The van der Waals surface area contributed by atoms with E-state index in [0.29, 0.717) is 17.1 Å². The van der Waals surface area contributed by atoms with E-state index in [4.69, 9.17) is 23.2 Å². The fourth-order valence-electron chi connectivity index (χ4n) is 4.88. The first-order valence-electron chi connectivity index (χ1n) is 14.9. The first-order valence-corrected chi connectivity index (χ1v) is 17.1. The third kappa shape index (κ3) is 9.31. The zero-order valence-corrected chi connectivity index (χ0v) is 27.9. The highest BCUT2D eigenvalue weighted by Gasteiger charge is 2.34. The molecule has 4 aromatic rings. The molecule has 4 rings (SSSR count). The summed E-state index contributed by atoms with van der Waals surface area (Å²) in [7, 11) is -4.35. The molecule has 0 spiro atoms.